The third kappa shape index (κ3) is 4.23. The number of hydrogen-bond donors (Lipinski definition) is 1. The van der Waals surface area contributed by atoms with Crippen molar-refractivity contribution >= 4 is 27.3 Å². The van der Waals surface area contributed by atoms with Crippen LogP contribution in [0.3, 0.4) is 0 Å². The second-order valence-electron chi connectivity index (χ2n) is 4.27. The largest absolute Gasteiger partial charge is 0.497 e. The Morgan fingerprint density at radius 1 is 1.30 bits per heavy atom. The van der Waals surface area contributed by atoms with Crippen LogP contribution < -0.4 is 14.8 Å². The predicted octanol–water partition coefficient (Wildman–Crippen LogP) is 4.21. The fraction of sp³-hybridized carbons (Fsp3) is 0.333. The highest BCUT2D eigenvalue weighted by Gasteiger charge is 2.07. The Bertz CT molecular complexity index is 557. The van der Waals surface area contributed by atoms with Crippen LogP contribution in [0.5, 0.6) is 11.5 Å². The van der Waals surface area contributed by atoms with Gasteiger partial charge in [0.05, 0.1) is 7.11 Å². The SMILES string of the molecule is CCNCc1ccc(OC)cc1OCc1cc(Br)cs1. The van der Waals surface area contributed by atoms with E-state index in [1.807, 2.05) is 18.2 Å². The van der Waals surface area contributed by atoms with Crippen LogP contribution in [0.15, 0.2) is 34.1 Å². The lowest BCUT2D eigenvalue weighted by atomic mass is 10.2. The van der Waals surface area contributed by atoms with E-state index in [0.717, 1.165) is 34.6 Å². The Labute approximate surface area is 132 Å². The average molecular weight is 356 g/mol. The van der Waals surface area contributed by atoms with E-state index in [2.05, 4.69) is 39.6 Å². The summed E-state index contributed by atoms with van der Waals surface area (Å²) < 4.78 is 12.3. The van der Waals surface area contributed by atoms with E-state index in [4.69, 9.17) is 9.47 Å². The molecule has 2 aromatic rings. The molecule has 0 aliphatic carbocycles. The van der Waals surface area contributed by atoms with Crippen molar-refractivity contribution in [3.63, 3.8) is 0 Å². The van der Waals surface area contributed by atoms with E-state index in [1.165, 1.54) is 4.88 Å². The molecule has 0 saturated carbocycles. The van der Waals surface area contributed by atoms with Gasteiger partial charge in [0.2, 0.25) is 0 Å². The minimum absolute atomic E-state index is 0.572. The quantitative estimate of drug-likeness (QED) is 0.806. The molecular formula is C15H18BrNO2S. The number of ether oxygens (including phenoxy) is 2. The Balaban J connectivity index is 2.10. The second kappa shape index (κ2) is 7.67. The van der Waals surface area contributed by atoms with Crippen molar-refractivity contribution < 1.29 is 9.47 Å². The van der Waals surface area contributed by atoms with Gasteiger partial charge in [-0.05, 0) is 34.6 Å². The monoisotopic (exact) mass is 355 g/mol. The van der Waals surface area contributed by atoms with Crippen molar-refractivity contribution in [2.75, 3.05) is 13.7 Å². The summed E-state index contributed by atoms with van der Waals surface area (Å²) >= 11 is 5.14. The number of benzene rings is 1. The molecule has 3 nitrogen and oxygen atoms in total. The minimum Gasteiger partial charge on any atom is -0.497 e. The summed E-state index contributed by atoms with van der Waals surface area (Å²) in [5.41, 5.74) is 1.14. The zero-order valence-corrected chi connectivity index (χ0v) is 14.0. The van der Waals surface area contributed by atoms with E-state index < -0.39 is 0 Å². The maximum atomic E-state index is 5.95. The molecule has 0 atom stereocenters. The van der Waals surface area contributed by atoms with E-state index in [9.17, 15) is 0 Å². The standard InChI is InChI=1S/C15H18BrNO2S/c1-3-17-8-11-4-5-13(18-2)7-15(11)19-9-14-6-12(16)10-20-14/h4-7,10,17H,3,8-9H2,1-2H3. The van der Waals surface area contributed by atoms with Gasteiger partial charge in [-0.2, -0.15) is 0 Å². The van der Waals surface area contributed by atoms with Gasteiger partial charge in [0.15, 0.2) is 0 Å². The van der Waals surface area contributed by atoms with Crippen molar-refractivity contribution in [3.8, 4) is 11.5 Å². The summed E-state index contributed by atoms with van der Waals surface area (Å²) in [5.74, 6) is 1.68. The summed E-state index contributed by atoms with van der Waals surface area (Å²) in [6.45, 7) is 4.39. The zero-order chi connectivity index (χ0) is 14.4. The fourth-order valence-electron chi connectivity index (χ4n) is 1.78. The van der Waals surface area contributed by atoms with Gasteiger partial charge in [-0.15, -0.1) is 11.3 Å². The van der Waals surface area contributed by atoms with Crippen LogP contribution in [0, 0.1) is 0 Å². The van der Waals surface area contributed by atoms with Crippen molar-refractivity contribution in [3.05, 3.63) is 44.6 Å². The summed E-state index contributed by atoms with van der Waals surface area (Å²) in [5, 5.41) is 5.38. The lowest BCUT2D eigenvalue weighted by Crippen LogP contribution is -2.12. The Hall–Kier alpha value is -1.04. The van der Waals surface area contributed by atoms with E-state index in [-0.39, 0.29) is 0 Å². The predicted molar refractivity (Wildman–Crippen MR) is 86.7 cm³/mol. The van der Waals surface area contributed by atoms with Crippen molar-refractivity contribution in [2.24, 2.45) is 0 Å². The van der Waals surface area contributed by atoms with E-state index in [1.54, 1.807) is 18.4 Å². The summed E-state index contributed by atoms with van der Waals surface area (Å²) in [7, 11) is 1.67. The first-order valence-electron chi connectivity index (χ1n) is 6.46. The Morgan fingerprint density at radius 2 is 2.15 bits per heavy atom. The van der Waals surface area contributed by atoms with Gasteiger partial charge in [-0.25, -0.2) is 0 Å². The molecule has 1 N–H and O–H groups in total. The molecule has 20 heavy (non-hydrogen) atoms. The first-order valence-corrected chi connectivity index (χ1v) is 8.13. The molecule has 0 radical (unpaired) electrons. The summed E-state index contributed by atoms with van der Waals surface area (Å²) in [4.78, 5) is 1.19. The van der Waals surface area contributed by atoms with Gasteiger partial charge in [0.25, 0.3) is 0 Å². The molecule has 1 aromatic carbocycles. The highest BCUT2D eigenvalue weighted by Crippen LogP contribution is 2.27. The van der Waals surface area contributed by atoms with E-state index in [0.29, 0.717) is 6.61 Å². The molecule has 0 spiro atoms. The van der Waals surface area contributed by atoms with Crippen LogP contribution in [0.2, 0.25) is 0 Å². The molecule has 1 aromatic heterocycles. The van der Waals surface area contributed by atoms with Gasteiger partial charge in [0, 0.05) is 32.9 Å². The molecule has 2 rings (SSSR count). The van der Waals surface area contributed by atoms with Gasteiger partial charge >= 0.3 is 0 Å². The molecule has 0 aliphatic rings. The lowest BCUT2D eigenvalue weighted by molar-refractivity contribution is 0.303. The van der Waals surface area contributed by atoms with Crippen molar-refractivity contribution in [2.45, 2.75) is 20.1 Å². The molecule has 0 fully saturated rings. The Kier molecular flexibility index (Phi) is 5.88. The first kappa shape index (κ1) is 15.4. The third-order valence-electron chi connectivity index (χ3n) is 2.83. The molecule has 0 aliphatic heterocycles. The number of hydrogen-bond acceptors (Lipinski definition) is 4. The fourth-order valence-corrected chi connectivity index (χ4v) is 3.14. The topological polar surface area (TPSA) is 30.5 Å². The molecule has 0 unspecified atom stereocenters. The van der Waals surface area contributed by atoms with Crippen LogP contribution >= 0.6 is 27.3 Å². The molecule has 0 bridgehead atoms. The van der Waals surface area contributed by atoms with Gasteiger partial charge in [0.1, 0.15) is 18.1 Å². The molecule has 5 heteroatoms. The lowest BCUT2D eigenvalue weighted by Gasteiger charge is -2.13. The molecule has 108 valence electrons. The first-order chi connectivity index (χ1) is 9.72. The number of methoxy groups -OCH3 is 1. The van der Waals surface area contributed by atoms with E-state index >= 15 is 0 Å². The van der Waals surface area contributed by atoms with Crippen LogP contribution in [-0.4, -0.2) is 13.7 Å². The minimum atomic E-state index is 0.572. The zero-order valence-electron chi connectivity index (χ0n) is 11.6. The van der Waals surface area contributed by atoms with Gasteiger partial charge in [-0.1, -0.05) is 13.0 Å². The number of rotatable bonds is 7. The summed E-state index contributed by atoms with van der Waals surface area (Å²) in [6, 6.07) is 8.02. The normalized spacial score (nSPS) is 10.6. The molecule has 0 amide bonds. The highest BCUT2D eigenvalue weighted by atomic mass is 79.9. The third-order valence-corrected chi connectivity index (χ3v) is 4.50. The highest BCUT2D eigenvalue weighted by molar-refractivity contribution is 9.10. The molecule has 1 heterocycles. The maximum Gasteiger partial charge on any atom is 0.128 e. The van der Waals surface area contributed by atoms with Gasteiger partial charge in [-0.3, -0.25) is 0 Å². The Morgan fingerprint density at radius 3 is 2.80 bits per heavy atom. The van der Waals surface area contributed by atoms with Crippen LogP contribution in [0.25, 0.3) is 0 Å². The number of thiophene rings is 1. The van der Waals surface area contributed by atoms with Crippen molar-refractivity contribution in [1.82, 2.24) is 5.32 Å². The second-order valence-corrected chi connectivity index (χ2v) is 6.19. The van der Waals surface area contributed by atoms with Crippen LogP contribution in [0.1, 0.15) is 17.4 Å². The average Bonchev–Trinajstić information content (AvgIpc) is 2.89. The molecular weight excluding hydrogens is 338 g/mol. The van der Waals surface area contributed by atoms with Crippen LogP contribution in [0.4, 0.5) is 0 Å². The summed E-state index contributed by atoms with van der Waals surface area (Å²) in [6.07, 6.45) is 0. The number of nitrogens with one attached hydrogen (secondary N) is 1. The number of halogens is 1. The van der Waals surface area contributed by atoms with Crippen LogP contribution in [-0.2, 0) is 13.2 Å². The maximum absolute atomic E-state index is 5.95. The molecule has 0 saturated heterocycles. The van der Waals surface area contributed by atoms with Gasteiger partial charge < -0.3 is 14.8 Å². The van der Waals surface area contributed by atoms with Crippen molar-refractivity contribution in [1.29, 1.82) is 0 Å². The smallest absolute Gasteiger partial charge is 0.128 e.